The molecular weight excluding hydrogens is 462 g/mol. The van der Waals surface area contributed by atoms with Gasteiger partial charge in [-0.05, 0) is 49.2 Å². The summed E-state index contributed by atoms with van der Waals surface area (Å²) in [5.41, 5.74) is 1.37. The Kier molecular flexibility index (Phi) is 5.65. The predicted molar refractivity (Wildman–Crippen MR) is 126 cm³/mol. The number of ether oxygens (including phenoxy) is 1. The monoisotopic (exact) mass is 483 g/mol. The highest BCUT2D eigenvalue weighted by Gasteiger charge is 2.39. The molecule has 0 radical (unpaired) electrons. The lowest BCUT2D eigenvalue weighted by Crippen LogP contribution is -2.43. The molecular formula is C23H21N3O5S2. The minimum absolute atomic E-state index is 0.129. The van der Waals surface area contributed by atoms with Gasteiger partial charge in [0, 0.05) is 17.3 Å². The average Bonchev–Trinajstić information content (AvgIpc) is 3.58. The van der Waals surface area contributed by atoms with E-state index < -0.39 is 22.0 Å². The minimum atomic E-state index is -3.82. The van der Waals surface area contributed by atoms with Gasteiger partial charge in [-0.3, -0.25) is 4.79 Å². The van der Waals surface area contributed by atoms with Gasteiger partial charge in [-0.15, -0.1) is 11.3 Å². The smallest absolute Gasteiger partial charge is 0.244 e. The number of thiazole rings is 1. The maximum Gasteiger partial charge on any atom is 0.244 e. The second-order valence-electron chi connectivity index (χ2n) is 7.62. The molecule has 1 aliphatic rings. The van der Waals surface area contributed by atoms with Crippen LogP contribution in [0, 0.1) is 0 Å². The number of benzene rings is 2. The number of aromatic nitrogens is 1. The van der Waals surface area contributed by atoms with E-state index in [0.717, 1.165) is 11.0 Å². The molecule has 0 bridgehead atoms. The number of amides is 1. The maximum absolute atomic E-state index is 13.2. The number of hydrogen-bond donors (Lipinski definition) is 1. The molecule has 1 amide bonds. The van der Waals surface area contributed by atoms with Crippen LogP contribution in [0.25, 0.3) is 22.4 Å². The van der Waals surface area contributed by atoms with E-state index in [1.54, 1.807) is 17.5 Å². The van der Waals surface area contributed by atoms with Gasteiger partial charge in [-0.25, -0.2) is 13.4 Å². The SMILES string of the molecule is COc1ccc(S(=O)(=O)N2CCCC2C(=O)Nc2nc(-c3cc4ccccc4o3)cs2)cc1. The van der Waals surface area contributed by atoms with Crippen LogP contribution >= 0.6 is 11.3 Å². The zero-order valence-corrected chi connectivity index (χ0v) is 19.4. The highest BCUT2D eigenvalue weighted by Crippen LogP contribution is 2.32. The first-order valence-corrected chi connectivity index (χ1v) is 12.7. The first-order chi connectivity index (χ1) is 16.0. The molecule has 1 atom stereocenters. The summed E-state index contributed by atoms with van der Waals surface area (Å²) < 4.78 is 38.5. The van der Waals surface area contributed by atoms with Crippen LogP contribution in [0.2, 0.25) is 0 Å². The first kappa shape index (κ1) is 21.6. The Labute approximate surface area is 194 Å². The summed E-state index contributed by atoms with van der Waals surface area (Å²) in [5.74, 6) is 0.779. The molecule has 33 heavy (non-hydrogen) atoms. The topological polar surface area (TPSA) is 102 Å². The number of carbonyl (C=O) groups excluding carboxylic acids is 1. The molecule has 0 saturated carbocycles. The van der Waals surface area contributed by atoms with Crippen LogP contribution in [-0.4, -0.2) is 43.3 Å². The van der Waals surface area contributed by atoms with Gasteiger partial charge >= 0.3 is 0 Å². The Hall–Kier alpha value is -3.21. The van der Waals surface area contributed by atoms with E-state index in [-0.39, 0.29) is 11.4 Å². The average molecular weight is 484 g/mol. The van der Waals surface area contributed by atoms with E-state index in [9.17, 15) is 13.2 Å². The number of nitrogens with zero attached hydrogens (tertiary/aromatic N) is 2. The summed E-state index contributed by atoms with van der Waals surface area (Å²) in [6, 6.07) is 14.9. The third kappa shape index (κ3) is 4.12. The van der Waals surface area contributed by atoms with Gasteiger partial charge < -0.3 is 14.5 Å². The maximum atomic E-state index is 13.2. The number of anilines is 1. The molecule has 2 aromatic carbocycles. The lowest BCUT2D eigenvalue weighted by molar-refractivity contribution is -0.119. The van der Waals surface area contributed by atoms with Crippen LogP contribution < -0.4 is 10.1 Å². The van der Waals surface area contributed by atoms with E-state index in [4.69, 9.17) is 9.15 Å². The molecule has 1 unspecified atom stereocenters. The van der Waals surface area contributed by atoms with Crippen molar-refractivity contribution in [3.8, 4) is 17.2 Å². The fraction of sp³-hybridized carbons (Fsp3) is 0.217. The zero-order chi connectivity index (χ0) is 23.0. The Morgan fingerprint density at radius 1 is 1.21 bits per heavy atom. The van der Waals surface area contributed by atoms with Gasteiger partial charge in [-0.2, -0.15) is 4.31 Å². The summed E-state index contributed by atoms with van der Waals surface area (Å²) in [7, 11) is -2.30. The van der Waals surface area contributed by atoms with Crippen molar-refractivity contribution < 1.29 is 22.4 Å². The van der Waals surface area contributed by atoms with Crippen LogP contribution in [-0.2, 0) is 14.8 Å². The van der Waals surface area contributed by atoms with Crippen LogP contribution in [0.3, 0.4) is 0 Å². The summed E-state index contributed by atoms with van der Waals surface area (Å²) in [6.45, 7) is 0.286. The van der Waals surface area contributed by atoms with E-state index in [0.29, 0.717) is 35.2 Å². The van der Waals surface area contributed by atoms with Crippen molar-refractivity contribution in [1.82, 2.24) is 9.29 Å². The van der Waals surface area contributed by atoms with E-state index in [1.807, 2.05) is 30.3 Å². The van der Waals surface area contributed by atoms with E-state index in [1.165, 1.54) is 34.9 Å². The predicted octanol–water partition coefficient (Wildman–Crippen LogP) is 4.36. The van der Waals surface area contributed by atoms with Gasteiger partial charge in [-0.1, -0.05) is 18.2 Å². The fourth-order valence-electron chi connectivity index (χ4n) is 3.91. The van der Waals surface area contributed by atoms with Gasteiger partial charge in [0.25, 0.3) is 0 Å². The molecule has 1 fully saturated rings. The normalized spacial score (nSPS) is 16.8. The van der Waals surface area contributed by atoms with E-state index >= 15 is 0 Å². The number of carbonyl (C=O) groups is 1. The van der Waals surface area contributed by atoms with Crippen molar-refractivity contribution in [2.75, 3.05) is 19.0 Å². The summed E-state index contributed by atoms with van der Waals surface area (Å²) in [6.07, 6.45) is 1.05. The number of furan rings is 1. The quantitative estimate of drug-likeness (QED) is 0.437. The lowest BCUT2D eigenvalue weighted by atomic mass is 10.2. The van der Waals surface area contributed by atoms with Gasteiger partial charge in [0.05, 0.1) is 12.0 Å². The second kappa shape index (κ2) is 8.62. The first-order valence-electron chi connectivity index (χ1n) is 10.4. The van der Waals surface area contributed by atoms with Crippen molar-refractivity contribution in [3.63, 3.8) is 0 Å². The molecule has 0 spiro atoms. The van der Waals surface area contributed by atoms with Crippen molar-refractivity contribution in [3.05, 3.63) is 60.0 Å². The van der Waals surface area contributed by atoms with Crippen LogP contribution in [0.5, 0.6) is 5.75 Å². The van der Waals surface area contributed by atoms with Crippen molar-refractivity contribution in [2.24, 2.45) is 0 Å². The van der Waals surface area contributed by atoms with Crippen molar-refractivity contribution in [2.45, 2.75) is 23.8 Å². The number of methoxy groups -OCH3 is 1. The zero-order valence-electron chi connectivity index (χ0n) is 17.7. The van der Waals surface area contributed by atoms with Crippen LogP contribution in [0.4, 0.5) is 5.13 Å². The molecule has 1 aliphatic heterocycles. The number of fused-ring (bicyclic) bond motifs is 1. The number of para-hydroxylation sites is 1. The molecule has 2 aromatic heterocycles. The molecule has 10 heteroatoms. The molecule has 5 rings (SSSR count). The summed E-state index contributed by atoms with van der Waals surface area (Å²) in [5, 5.41) is 5.94. The largest absolute Gasteiger partial charge is 0.497 e. The molecule has 1 saturated heterocycles. The summed E-state index contributed by atoms with van der Waals surface area (Å²) in [4.78, 5) is 17.6. The molecule has 3 heterocycles. The van der Waals surface area contributed by atoms with Crippen LogP contribution in [0.15, 0.2) is 69.3 Å². The van der Waals surface area contributed by atoms with Gasteiger partial charge in [0.1, 0.15) is 23.1 Å². The molecule has 170 valence electrons. The molecule has 0 aliphatic carbocycles. The lowest BCUT2D eigenvalue weighted by Gasteiger charge is -2.23. The van der Waals surface area contributed by atoms with Crippen molar-refractivity contribution in [1.29, 1.82) is 0 Å². The third-order valence-corrected chi connectivity index (χ3v) is 8.26. The van der Waals surface area contributed by atoms with E-state index in [2.05, 4.69) is 10.3 Å². The molecule has 1 N–H and O–H groups in total. The second-order valence-corrected chi connectivity index (χ2v) is 10.4. The summed E-state index contributed by atoms with van der Waals surface area (Å²) >= 11 is 1.27. The van der Waals surface area contributed by atoms with Crippen molar-refractivity contribution >= 4 is 43.4 Å². The van der Waals surface area contributed by atoms with Gasteiger partial charge in [0.15, 0.2) is 10.9 Å². The molecule has 4 aromatic rings. The Balaban J connectivity index is 1.33. The highest BCUT2D eigenvalue weighted by atomic mass is 32.2. The third-order valence-electron chi connectivity index (χ3n) is 5.58. The number of sulfonamides is 1. The molecule has 8 nitrogen and oxygen atoms in total. The Morgan fingerprint density at radius 3 is 2.76 bits per heavy atom. The highest BCUT2D eigenvalue weighted by molar-refractivity contribution is 7.89. The number of nitrogens with one attached hydrogen (secondary N) is 1. The fourth-order valence-corrected chi connectivity index (χ4v) is 6.27. The standard InChI is InChI=1S/C23H21N3O5S2/c1-30-16-8-10-17(11-9-16)33(28,29)26-12-4-6-19(26)22(27)25-23-24-18(14-32-23)21-13-15-5-2-3-7-20(15)31-21/h2-3,5,7-11,13-14,19H,4,6,12H2,1H3,(H,24,25,27). The van der Waals surface area contributed by atoms with Gasteiger partial charge in [0.2, 0.25) is 15.9 Å². The number of hydrogen-bond acceptors (Lipinski definition) is 7. The Bertz CT molecular complexity index is 1380. The Morgan fingerprint density at radius 2 is 2.00 bits per heavy atom. The van der Waals surface area contributed by atoms with Crippen LogP contribution in [0.1, 0.15) is 12.8 Å². The number of rotatable bonds is 6. The minimum Gasteiger partial charge on any atom is -0.497 e.